The van der Waals surface area contributed by atoms with Gasteiger partial charge >= 0.3 is 6.18 Å². The predicted octanol–water partition coefficient (Wildman–Crippen LogP) is 6.10. The highest BCUT2D eigenvalue weighted by Crippen LogP contribution is 2.49. The van der Waals surface area contributed by atoms with E-state index in [0.29, 0.717) is 39.0 Å². The summed E-state index contributed by atoms with van der Waals surface area (Å²) in [6, 6.07) is 6.96. The van der Waals surface area contributed by atoms with Crippen LogP contribution in [0, 0.1) is 11.5 Å². The number of fused-ring (bicyclic) bond motifs is 2. The molecule has 2 aromatic rings. The molecule has 0 aliphatic carbocycles. The standard InChI is InChI=1S/C26H32F3NO3SSi/c1-31-21-7-6-19(22(15-21)32-2)17-30-11-10-25(16-20(30)9-13-35(3,4)5)24-18(8-12-33-25)14-23(34-24)26(27,28)29/h6-7,14-15,20H,8,10-12,16-17H2,1-5H3/t20?,25-/m0/s1. The molecular formula is C26H32F3NO3SSi. The molecule has 0 radical (unpaired) electrons. The number of likely N-dealkylation sites (tertiary alicyclic amines) is 1. The molecule has 1 saturated heterocycles. The third kappa shape index (κ3) is 5.72. The zero-order chi connectivity index (χ0) is 25.4. The van der Waals surface area contributed by atoms with Crippen molar-refractivity contribution in [3.05, 3.63) is 45.1 Å². The summed E-state index contributed by atoms with van der Waals surface area (Å²) in [6.07, 6.45) is -2.65. The van der Waals surface area contributed by atoms with Crippen LogP contribution < -0.4 is 9.47 Å². The van der Waals surface area contributed by atoms with Crippen LogP contribution in [0.2, 0.25) is 19.6 Å². The molecule has 190 valence electrons. The number of methoxy groups -OCH3 is 2. The van der Waals surface area contributed by atoms with Crippen LogP contribution in [0.15, 0.2) is 24.3 Å². The van der Waals surface area contributed by atoms with Gasteiger partial charge in [-0.1, -0.05) is 31.6 Å². The normalized spacial score (nSPS) is 22.9. The molecule has 1 aromatic heterocycles. The van der Waals surface area contributed by atoms with Crippen molar-refractivity contribution in [2.24, 2.45) is 0 Å². The lowest BCUT2D eigenvalue weighted by Gasteiger charge is -2.46. The van der Waals surface area contributed by atoms with Crippen molar-refractivity contribution >= 4 is 19.4 Å². The molecule has 0 amide bonds. The number of halogens is 3. The predicted molar refractivity (Wildman–Crippen MR) is 135 cm³/mol. The molecule has 9 heteroatoms. The number of hydrogen-bond acceptors (Lipinski definition) is 5. The monoisotopic (exact) mass is 523 g/mol. The van der Waals surface area contributed by atoms with Gasteiger partial charge in [0, 0.05) is 36.0 Å². The minimum Gasteiger partial charge on any atom is -0.497 e. The third-order valence-corrected chi connectivity index (χ3v) is 8.80. The second-order valence-corrected chi connectivity index (χ2v) is 16.0. The van der Waals surface area contributed by atoms with E-state index in [9.17, 15) is 13.2 Å². The maximum absolute atomic E-state index is 13.5. The Balaban J connectivity index is 1.67. The minimum absolute atomic E-state index is 0.135. The number of rotatable bonds is 4. The van der Waals surface area contributed by atoms with E-state index in [1.165, 1.54) is 6.07 Å². The van der Waals surface area contributed by atoms with Gasteiger partial charge < -0.3 is 14.2 Å². The van der Waals surface area contributed by atoms with Crippen molar-refractivity contribution in [2.45, 2.75) is 63.3 Å². The van der Waals surface area contributed by atoms with Gasteiger partial charge in [-0.2, -0.15) is 13.2 Å². The summed E-state index contributed by atoms with van der Waals surface area (Å²) in [7, 11) is 1.59. The molecule has 1 fully saturated rings. The van der Waals surface area contributed by atoms with Crippen LogP contribution in [0.4, 0.5) is 13.2 Å². The molecule has 4 nitrogen and oxygen atoms in total. The highest BCUT2D eigenvalue weighted by atomic mass is 32.1. The fourth-order valence-electron chi connectivity index (χ4n) is 4.76. The van der Waals surface area contributed by atoms with Crippen LogP contribution >= 0.6 is 11.3 Å². The van der Waals surface area contributed by atoms with E-state index >= 15 is 0 Å². The van der Waals surface area contributed by atoms with Gasteiger partial charge in [0.25, 0.3) is 0 Å². The Morgan fingerprint density at radius 2 is 1.97 bits per heavy atom. The molecule has 2 atom stereocenters. The van der Waals surface area contributed by atoms with Gasteiger partial charge in [-0.25, -0.2) is 0 Å². The molecule has 0 N–H and O–H groups in total. The Hall–Kier alpha value is -1.99. The zero-order valence-corrected chi connectivity index (χ0v) is 22.7. The van der Waals surface area contributed by atoms with Crippen LogP contribution in [0.5, 0.6) is 11.5 Å². The van der Waals surface area contributed by atoms with Crippen molar-refractivity contribution in [3.8, 4) is 23.0 Å². The van der Waals surface area contributed by atoms with Gasteiger partial charge in [-0.15, -0.1) is 16.9 Å². The van der Waals surface area contributed by atoms with Gasteiger partial charge in [-0.05, 0) is 30.5 Å². The Bertz CT molecular complexity index is 1130. The highest BCUT2D eigenvalue weighted by Gasteiger charge is 2.47. The molecule has 1 spiro atoms. The van der Waals surface area contributed by atoms with Crippen LogP contribution in [-0.4, -0.2) is 46.4 Å². The van der Waals surface area contributed by atoms with E-state index in [-0.39, 0.29) is 6.04 Å². The fourth-order valence-corrected chi connectivity index (χ4v) is 6.61. The summed E-state index contributed by atoms with van der Waals surface area (Å²) < 4.78 is 57.8. The van der Waals surface area contributed by atoms with E-state index in [1.54, 1.807) is 14.2 Å². The Labute approximate surface area is 210 Å². The first-order valence-electron chi connectivity index (χ1n) is 11.8. The van der Waals surface area contributed by atoms with Crippen molar-refractivity contribution in [3.63, 3.8) is 0 Å². The first-order valence-corrected chi connectivity index (χ1v) is 16.1. The van der Waals surface area contributed by atoms with E-state index in [1.807, 2.05) is 18.2 Å². The van der Waals surface area contributed by atoms with E-state index in [0.717, 1.165) is 38.8 Å². The summed E-state index contributed by atoms with van der Waals surface area (Å²) in [5, 5.41) is 0. The maximum atomic E-state index is 13.5. The van der Waals surface area contributed by atoms with Crippen molar-refractivity contribution in [2.75, 3.05) is 27.4 Å². The van der Waals surface area contributed by atoms with Gasteiger partial charge in [-0.3, -0.25) is 4.90 Å². The van der Waals surface area contributed by atoms with Gasteiger partial charge in [0.15, 0.2) is 0 Å². The molecule has 0 saturated carbocycles. The molecule has 2 aliphatic heterocycles. The topological polar surface area (TPSA) is 30.9 Å². The van der Waals surface area contributed by atoms with Gasteiger partial charge in [0.1, 0.15) is 30.1 Å². The highest BCUT2D eigenvalue weighted by molar-refractivity contribution is 7.12. The average molecular weight is 524 g/mol. The summed E-state index contributed by atoms with van der Waals surface area (Å²) in [6.45, 7) is 8.30. The summed E-state index contributed by atoms with van der Waals surface area (Å²) in [4.78, 5) is 2.50. The second kappa shape index (κ2) is 9.81. The molecule has 2 aliphatic rings. The van der Waals surface area contributed by atoms with Crippen LogP contribution in [0.1, 0.15) is 33.7 Å². The third-order valence-electron chi connectivity index (χ3n) is 6.50. The second-order valence-electron chi connectivity index (χ2n) is 10.2. The molecule has 35 heavy (non-hydrogen) atoms. The number of piperidine rings is 1. The van der Waals surface area contributed by atoms with Crippen molar-refractivity contribution in [1.82, 2.24) is 4.90 Å². The van der Waals surface area contributed by atoms with Crippen LogP contribution in [0.25, 0.3) is 0 Å². The van der Waals surface area contributed by atoms with Crippen molar-refractivity contribution < 1.29 is 27.4 Å². The van der Waals surface area contributed by atoms with E-state index in [2.05, 4.69) is 36.0 Å². The Kier molecular flexibility index (Phi) is 7.31. The maximum Gasteiger partial charge on any atom is 0.425 e. The van der Waals surface area contributed by atoms with Crippen LogP contribution in [0.3, 0.4) is 0 Å². The molecule has 0 bridgehead atoms. The Morgan fingerprint density at radius 1 is 1.20 bits per heavy atom. The van der Waals surface area contributed by atoms with E-state index < -0.39 is 24.7 Å². The molecule has 1 aromatic carbocycles. The summed E-state index contributed by atoms with van der Waals surface area (Å²) in [5.41, 5.74) is 4.56. The lowest BCUT2D eigenvalue weighted by molar-refractivity contribution is -0.134. The first-order chi connectivity index (χ1) is 16.4. The minimum atomic E-state index is -4.34. The number of thiophene rings is 1. The van der Waals surface area contributed by atoms with E-state index in [4.69, 9.17) is 14.2 Å². The lowest BCUT2D eigenvalue weighted by atomic mass is 9.81. The molecule has 4 rings (SSSR count). The quantitative estimate of drug-likeness (QED) is 0.358. The smallest absolute Gasteiger partial charge is 0.425 e. The zero-order valence-electron chi connectivity index (χ0n) is 20.8. The number of hydrogen-bond donors (Lipinski definition) is 0. The SMILES string of the molecule is COc1ccc(CN2CC[C@@]3(CC2C#C[Si](C)(C)C)OCCc2cc(C(F)(F)F)sc23)c(OC)c1. The van der Waals surface area contributed by atoms with Gasteiger partial charge in [0.05, 0.1) is 26.9 Å². The number of nitrogens with zero attached hydrogens (tertiary/aromatic N) is 1. The number of alkyl halides is 3. The average Bonchev–Trinajstić information content (AvgIpc) is 3.26. The van der Waals surface area contributed by atoms with Crippen LogP contribution in [-0.2, 0) is 29.5 Å². The van der Waals surface area contributed by atoms with Gasteiger partial charge in [0.2, 0.25) is 0 Å². The summed E-state index contributed by atoms with van der Waals surface area (Å²) in [5.74, 6) is 4.97. The summed E-state index contributed by atoms with van der Waals surface area (Å²) >= 11 is 0.847. The molecule has 3 heterocycles. The largest absolute Gasteiger partial charge is 0.497 e. The van der Waals surface area contributed by atoms with Crippen molar-refractivity contribution in [1.29, 1.82) is 0 Å². The first kappa shape index (κ1) is 26.1. The lowest BCUT2D eigenvalue weighted by Crippen LogP contribution is -2.50. The molecular weight excluding hydrogens is 491 g/mol. The Morgan fingerprint density at radius 3 is 2.63 bits per heavy atom. The number of benzene rings is 1. The number of ether oxygens (including phenoxy) is 3. The fraction of sp³-hybridized carbons (Fsp3) is 0.538. The molecule has 1 unspecified atom stereocenters.